The van der Waals surface area contributed by atoms with Crippen molar-refractivity contribution in [3.05, 3.63) is 145 Å². The average Bonchev–Trinajstić information content (AvgIpc) is 3.04. The minimum absolute atomic E-state index is 0. The minimum Gasteiger partial charge on any atom is -1.00 e. The number of halogens is 3. The van der Waals surface area contributed by atoms with Gasteiger partial charge in [0.25, 0.3) is 19.1 Å². The van der Waals surface area contributed by atoms with Crippen LogP contribution in [0.25, 0.3) is 21.5 Å². The molecule has 0 saturated carbocycles. The van der Waals surface area contributed by atoms with E-state index in [1.54, 1.807) is 85.3 Å². The fourth-order valence-electron chi connectivity index (χ4n) is 4.02. The first kappa shape index (κ1) is 37.5. The van der Waals surface area contributed by atoms with Gasteiger partial charge in [0.15, 0.2) is 9.42 Å². The van der Waals surface area contributed by atoms with E-state index in [4.69, 9.17) is 39.6 Å². The summed E-state index contributed by atoms with van der Waals surface area (Å²) in [5, 5.41) is 4.11. The third-order valence-electron chi connectivity index (χ3n) is 6.21. The van der Waals surface area contributed by atoms with Crippen molar-refractivity contribution in [2.24, 2.45) is 0 Å². The Kier molecular flexibility index (Phi) is 14.1. The van der Waals surface area contributed by atoms with Crippen LogP contribution in [0.3, 0.4) is 0 Å². The van der Waals surface area contributed by atoms with Crippen molar-refractivity contribution < 1.29 is 47.8 Å². The first-order chi connectivity index (χ1) is 21.4. The first-order valence-electron chi connectivity index (χ1n) is 13.2. The minimum atomic E-state index is -3.74. The summed E-state index contributed by atoms with van der Waals surface area (Å²) >= 11 is 11.7. The van der Waals surface area contributed by atoms with Crippen LogP contribution in [-0.4, -0.2) is 26.8 Å². The number of nitrogens with one attached hydrogen (secondary N) is 1. The Morgan fingerprint density at radius 2 is 1.11 bits per heavy atom. The molecule has 14 heteroatoms. The topological polar surface area (TPSA) is 132 Å². The Labute approximate surface area is 306 Å². The van der Waals surface area contributed by atoms with Crippen LogP contribution in [0, 0.1) is 0 Å². The standard InChI is InChI=1S/C16H13ClN2O2S.C9H8N2.C7H6Cl2O2S.Na.H/c17-16(12-4-2-1-3-5-12)22(20,21)19-15-7-6-14-11-18-9-8-13(14)10-15;10-9-2-1-8-6-11-4-3-7(8)5-9;8-7(12(9,10)11)6-4-2-1-3-5-6;;/h1-11,16,19H;1-6H,10H2;1-5,7H;;/q;;;+1;-1. The summed E-state index contributed by atoms with van der Waals surface area (Å²) < 4.78 is 46.5. The Balaban J connectivity index is 0.000000262. The van der Waals surface area contributed by atoms with E-state index < -0.39 is 28.5 Å². The molecule has 4 aromatic carbocycles. The van der Waals surface area contributed by atoms with Gasteiger partial charge in [-0.2, -0.15) is 0 Å². The second kappa shape index (κ2) is 17.3. The zero-order valence-corrected chi connectivity index (χ0v) is 30.3. The van der Waals surface area contributed by atoms with E-state index in [1.165, 1.54) is 0 Å². The molecule has 0 fully saturated rings. The third-order valence-corrected chi connectivity index (χ3v) is 11.0. The summed E-state index contributed by atoms with van der Waals surface area (Å²) in [5.74, 6) is 0. The summed E-state index contributed by atoms with van der Waals surface area (Å²) in [4.78, 5) is 8.03. The molecule has 0 aliphatic heterocycles. The largest absolute Gasteiger partial charge is 1.00 e. The molecule has 0 bridgehead atoms. The summed E-state index contributed by atoms with van der Waals surface area (Å²) in [6.07, 6.45) is 6.98. The van der Waals surface area contributed by atoms with Gasteiger partial charge in [0.1, 0.15) is 0 Å². The number of anilines is 2. The molecular formula is C32H28Cl3N4NaO4S2. The molecule has 234 valence electrons. The number of aromatic nitrogens is 2. The monoisotopic (exact) mass is 724 g/mol. The van der Waals surface area contributed by atoms with Gasteiger partial charge < -0.3 is 7.16 Å². The molecule has 0 spiro atoms. The maximum atomic E-state index is 12.4. The van der Waals surface area contributed by atoms with Gasteiger partial charge >= 0.3 is 29.6 Å². The Bertz CT molecular complexity index is 2100. The van der Waals surface area contributed by atoms with Crippen molar-refractivity contribution in [3.63, 3.8) is 0 Å². The zero-order valence-electron chi connectivity index (χ0n) is 25.4. The zero-order chi connectivity index (χ0) is 32.5. The van der Waals surface area contributed by atoms with Crippen LogP contribution in [0.1, 0.15) is 22.0 Å². The summed E-state index contributed by atoms with van der Waals surface area (Å²) in [5.41, 5.74) is 7.88. The number of fused-ring (bicyclic) bond motifs is 2. The Morgan fingerprint density at radius 3 is 1.63 bits per heavy atom. The van der Waals surface area contributed by atoms with Crippen LogP contribution in [0.15, 0.2) is 134 Å². The molecule has 46 heavy (non-hydrogen) atoms. The normalized spacial score (nSPS) is 12.3. The quantitative estimate of drug-likeness (QED) is 0.103. The Hall–Kier alpha value is -2.93. The molecule has 2 heterocycles. The predicted octanol–water partition coefficient (Wildman–Crippen LogP) is 5.34. The van der Waals surface area contributed by atoms with Gasteiger partial charge in [0, 0.05) is 57.6 Å². The summed E-state index contributed by atoms with van der Waals surface area (Å²) in [7, 11) is -2.40. The molecule has 2 unspecified atom stereocenters. The van der Waals surface area contributed by atoms with E-state index in [1.807, 2.05) is 48.7 Å². The molecule has 8 nitrogen and oxygen atoms in total. The van der Waals surface area contributed by atoms with Gasteiger partial charge in [0.05, 0.1) is 0 Å². The van der Waals surface area contributed by atoms with Crippen molar-refractivity contribution >= 4 is 85.9 Å². The van der Waals surface area contributed by atoms with Crippen molar-refractivity contribution in [1.29, 1.82) is 0 Å². The predicted molar refractivity (Wildman–Crippen MR) is 186 cm³/mol. The molecule has 6 aromatic rings. The van der Waals surface area contributed by atoms with E-state index in [9.17, 15) is 16.8 Å². The SMILES string of the molecule is Nc1ccc2cnccc2c1.O=S(=O)(Cl)C(Cl)c1ccccc1.O=S(=O)(Nc1ccc2cnccc2c1)C(Cl)c1ccccc1.[H-].[Na+]. The number of nitrogens with zero attached hydrogens (tertiary/aromatic N) is 2. The molecule has 2 aromatic heterocycles. The van der Waals surface area contributed by atoms with Crippen LogP contribution < -0.4 is 40.0 Å². The second-order valence-corrected chi connectivity index (χ2v) is 15.4. The van der Waals surface area contributed by atoms with Gasteiger partial charge in [0.2, 0.25) is 0 Å². The number of benzene rings is 4. The third kappa shape index (κ3) is 10.8. The van der Waals surface area contributed by atoms with Gasteiger partial charge in [-0.15, -0.1) is 0 Å². The van der Waals surface area contributed by atoms with Gasteiger partial charge in [-0.3, -0.25) is 14.7 Å². The molecule has 2 atom stereocenters. The second-order valence-electron chi connectivity index (χ2n) is 9.50. The van der Waals surface area contributed by atoms with E-state index in [-0.39, 0.29) is 31.0 Å². The number of nitrogens with two attached hydrogens (primary N) is 1. The van der Waals surface area contributed by atoms with Crippen molar-refractivity contribution in [1.82, 2.24) is 9.97 Å². The number of alkyl halides is 2. The molecule has 0 aliphatic carbocycles. The average molecular weight is 726 g/mol. The van der Waals surface area contributed by atoms with Crippen molar-refractivity contribution in [2.45, 2.75) is 9.42 Å². The molecule has 0 radical (unpaired) electrons. The fraction of sp³-hybridized carbons (Fsp3) is 0.0625. The molecule has 0 saturated heterocycles. The Morgan fingerprint density at radius 1 is 0.630 bits per heavy atom. The maximum absolute atomic E-state index is 12.4. The summed E-state index contributed by atoms with van der Waals surface area (Å²) in [6.45, 7) is 0. The van der Waals surface area contributed by atoms with Crippen molar-refractivity contribution in [3.8, 4) is 0 Å². The number of pyridine rings is 2. The number of nitrogen functional groups attached to an aromatic ring is 1. The molecule has 6 rings (SSSR count). The molecular weight excluding hydrogens is 698 g/mol. The number of hydrogen-bond acceptors (Lipinski definition) is 7. The van der Waals surface area contributed by atoms with Crippen LogP contribution in [-0.2, 0) is 19.1 Å². The molecule has 0 amide bonds. The first-order valence-corrected chi connectivity index (χ1v) is 18.0. The van der Waals surface area contributed by atoms with Crippen LogP contribution >= 0.6 is 33.9 Å². The van der Waals surface area contributed by atoms with E-state index >= 15 is 0 Å². The van der Waals surface area contributed by atoms with Crippen LogP contribution in [0.4, 0.5) is 11.4 Å². The smallest absolute Gasteiger partial charge is 1.00 e. The van der Waals surface area contributed by atoms with E-state index in [0.29, 0.717) is 16.8 Å². The number of sulfonamides is 1. The summed E-state index contributed by atoms with van der Waals surface area (Å²) in [6, 6.07) is 31.9. The van der Waals surface area contributed by atoms with Crippen molar-refractivity contribution in [2.75, 3.05) is 10.5 Å². The number of rotatable bonds is 6. The van der Waals surface area contributed by atoms with Gasteiger partial charge in [-0.1, -0.05) is 96.0 Å². The van der Waals surface area contributed by atoms with E-state index in [0.717, 1.165) is 27.2 Å². The molecule has 0 aliphatic rings. The van der Waals surface area contributed by atoms with Gasteiger partial charge in [-0.05, 0) is 58.3 Å². The maximum Gasteiger partial charge on any atom is 1.00 e. The van der Waals surface area contributed by atoms with Gasteiger partial charge in [-0.25, -0.2) is 16.8 Å². The molecule has 3 N–H and O–H groups in total. The van der Waals surface area contributed by atoms with Crippen LogP contribution in [0.5, 0.6) is 0 Å². The number of hydrogen-bond donors (Lipinski definition) is 2. The van der Waals surface area contributed by atoms with E-state index in [2.05, 4.69) is 14.7 Å². The fourth-order valence-corrected chi connectivity index (χ4v) is 6.30. The van der Waals surface area contributed by atoms with Crippen LogP contribution in [0.2, 0.25) is 0 Å².